The molecular weight excluding hydrogens is 256 g/mol. The van der Waals surface area contributed by atoms with E-state index in [1.807, 2.05) is 0 Å². The summed E-state index contributed by atoms with van der Waals surface area (Å²) < 4.78 is 10.5. The van der Waals surface area contributed by atoms with Crippen molar-refractivity contribution in [3.63, 3.8) is 0 Å². The largest absolute Gasteiger partial charge is 0.446 e. The van der Waals surface area contributed by atoms with Gasteiger partial charge in [-0.05, 0) is 18.2 Å². The van der Waals surface area contributed by atoms with Gasteiger partial charge in [-0.2, -0.15) is 0 Å². The first-order chi connectivity index (χ1) is 8.74. The summed E-state index contributed by atoms with van der Waals surface area (Å²) >= 11 is 5.81. The Morgan fingerprint density at radius 2 is 2.50 bits per heavy atom. The molecule has 6 heteroatoms. The minimum Gasteiger partial charge on any atom is -0.446 e. The molecule has 0 spiro atoms. The molecule has 1 aromatic carbocycles. The molecule has 0 bridgehead atoms. The fraction of sp³-hybridized carbons (Fsp3) is 0.417. The Labute approximate surface area is 110 Å². The molecule has 0 saturated carbocycles. The van der Waals surface area contributed by atoms with Crippen LogP contribution < -0.4 is 10.6 Å². The van der Waals surface area contributed by atoms with Gasteiger partial charge in [-0.15, -0.1) is 0 Å². The summed E-state index contributed by atoms with van der Waals surface area (Å²) in [4.78, 5) is 11.5. The van der Waals surface area contributed by atoms with Crippen LogP contribution in [0, 0.1) is 0 Å². The van der Waals surface area contributed by atoms with Crippen LogP contribution in [0.1, 0.15) is 0 Å². The number of morpholine rings is 1. The lowest BCUT2D eigenvalue weighted by Gasteiger charge is -2.23. The second-order valence-electron chi connectivity index (χ2n) is 3.93. The Morgan fingerprint density at radius 3 is 3.22 bits per heavy atom. The van der Waals surface area contributed by atoms with E-state index in [0.29, 0.717) is 23.9 Å². The summed E-state index contributed by atoms with van der Waals surface area (Å²) in [6.07, 6.45) is -0.588. The molecule has 1 atom stereocenters. The highest BCUT2D eigenvalue weighted by molar-refractivity contribution is 6.30. The number of ether oxygens (including phenoxy) is 2. The first kappa shape index (κ1) is 13.1. The smallest absolute Gasteiger partial charge is 0.411 e. The fourth-order valence-electron chi connectivity index (χ4n) is 1.62. The zero-order valence-corrected chi connectivity index (χ0v) is 10.6. The molecule has 98 valence electrons. The van der Waals surface area contributed by atoms with Crippen LogP contribution >= 0.6 is 11.6 Å². The number of amides is 1. The van der Waals surface area contributed by atoms with E-state index in [-0.39, 0.29) is 12.7 Å². The van der Waals surface area contributed by atoms with Crippen LogP contribution in [0.3, 0.4) is 0 Å². The monoisotopic (exact) mass is 270 g/mol. The van der Waals surface area contributed by atoms with Gasteiger partial charge in [0.15, 0.2) is 0 Å². The summed E-state index contributed by atoms with van der Waals surface area (Å²) in [6.45, 7) is 2.42. The number of nitrogens with one attached hydrogen (secondary N) is 2. The van der Waals surface area contributed by atoms with Gasteiger partial charge in [0.05, 0.1) is 6.61 Å². The maximum absolute atomic E-state index is 11.5. The third kappa shape index (κ3) is 4.18. The van der Waals surface area contributed by atoms with Crippen molar-refractivity contribution in [2.24, 2.45) is 0 Å². The highest BCUT2D eigenvalue weighted by Gasteiger charge is 2.15. The molecular formula is C12H15ClN2O3. The number of carbonyl (C=O) groups excluding carboxylic acids is 1. The van der Waals surface area contributed by atoms with Gasteiger partial charge in [0.2, 0.25) is 0 Å². The van der Waals surface area contributed by atoms with Gasteiger partial charge in [0.25, 0.3) is 0 Å². The molecule has 2 rings (SSSR count). The Morgan fingerprint density at radius 1 is 1.61 bits per heavy atom. The van der Waals surface area contributed by atoms with E-state index in [1.165, 1.54) is 0 Å². The van der Waals surface area contributed by atoms with Crippen molar-refractivity contribution in [2.45, 2.75) is 6.10 Å². The molecule has 1 unspecified atom stereocenters. The first-order valence-electron chi connectivity index (χ1n) is 5.76. The zero-order valence-electron chi connectivity index (χ0n) is 9.82. The van der Waals surface area contributed by atoms with Crippen molar-refractivity contribution in [3.05, 3.63) is 29.3 Å². The van der Waals surface area contributed by atoms with Crippen LogP contribution in [0.4, 0.5) is 10.5 Å². The average molecular weight is 271 g/mol. The van der Waals surface area contributed by atoms with Crippen molar-refractivity contribution in [2.75, 3.05) is 31.6 Å². The molecule has 2 N–H and O–H groups in total. The third-order valence-corrected chi connectivity index (χ3v) is 2.71. The predicted molar refractivity (Wildman–Crippen MR) is 69.0 cm³/mol. The van der Waals surface area contributed by atoms with Gasteiger partial charge in [0, 0.05) is 23.8 Å². The minimum atomic E-state index is -0.508. The summed E-state index contributed by atoms with van der Waals surface area (Å²) in [6, 6.07) is 6.89. The van der Waals surface area contributed by atoms with E-state index < -0.39 is 6.09 Å². The number of hydrogen-bond acceptors (Lipinski definition) is 4. The van der Waals surface area contributed by atoms with E-state index in [0.717, 1.165) is 6.54 Å². The normalized spacial score (nSPS) is 19.3. The lowest BCUT2D eigenvalue weighted by Crippen LogP contribution is -2.41. The van der Waals surface area contributed by atoms with E-state index in [2.05, 4.69) is 10.6 Å². The van der Waals surface area contributed by atoms with Gasteiger partial charge >= 0.3 is 6.09 Å². The number of rotatable bonds is 3. The molecule has 1 aliphatic heterocycles. The lowest BCUT2D eigenvalue weighted by atomic mass is 10.3. The molecule has 0 aromatic heterocycles. The maximum Gasteiger partial charge on any atom is 0.411 e. The average Bonchev–Trinajstić information content (AvgIpc) is 2.38. The van der Waals surface area contributed by atoms with Crippen LogP contribution in [0.2, 0.25) is 5.02 Å². The number of anilines is 1. The molecule has 1 heterocycles. The highest BCUT2D eigenvalue weighted by atomic mass is 35.5. The van der Waals surface area contributed by atoms with Crippen LogP contribution in [0.15, 0.2) is 24.3 Å². The van der Waals surface area contributed by atoms with Gasteiger partial charge in [-0.3, -0.25) is 5.32 Å². The number of hydrogen-bond donors (Lipinski definition) is 2. The van der Waals surface area contributed by atoms with E-state index in [4.69, 9.17) is 21.1 Å². The summed E-state index contributed by atoms with van der Waals surface area (Å²) in [5, 5.41) is 6.32. The Hall–Kier alpha value is -1.30. The molecule has 5 nitrogen and oxygen atoms in total. The second kappa shape index (κ2) is 6.58. The zero-order chi connectivity index (χ0) is 12.8. The molecule has 1 saturated heterocycles. The molecule has 1 aliphatic rings. The Bertz CT molecular complexity index is 408. The molecule has 1 fully saturated rings. The van der Waals surface area contributed by atoms with E-state index in [9.17, 15) is 4.79 Å². The quantitative estimate of drug-likeness (QED) is 0.880. The summed E-state index contributed by atoms with van der Waals surface area (Å²) in [5.74, 6) is 0. The molecule has 0 radical (unpaired) electrons. The number of halogens is 1. The third-order valence-electron chi connectivity index (χ3n) is 2.48. The van der Waals surface area contributed by atoms with E-state index >= 15 is 0 Å². The van der Waals surface area contributed by atoms with Crippen molar-refractivity contribution in [3.8, 4) is 0 Å². The molecule has 1 aromatic rings. The van der Waals surface area contributed by atoms with Crippen LogP contribution in [-0.2, 0) is 9.47 Å². The minimum absolute atomic E-state index is 0.0798. The summed E-state index contributed by atoms with van der Waals surface area (Å²) in [5.41, 5.74) is 0.607. The van der Waals surface area contributed by atoms with Crippen LogP contribution in [0.5, 0.6) is 0 Å². The molecule has 0 aliphatic carbocycles. The Balaban J connectivity index is 1.74. The maximum atomic E-state index is 11.5. The van der Waals surface area contributed by atoms with Crippen molar-refractivity contribution in [1.82, 2.24) is 5.32 Å². The summed E-state index contributed by atoms with van der Waals surface area (Å²) in [7, 11) is 0. The highest BCUT2D eigenvalue weighted by Crippen LogP contribution is 2.15. The van der Waals surface area contributed by atoms with Crippen LogP contribution in [0.25, 0.3) is 0 Å². The number of carbonyl (C=O) groups is 1. The topological polar surface area (TPSA) is 59.6 Å². The van der Waals surface area contributed by atoms with Gasteiger partial charge in [-0.1, -0.05) is 17.7 Å². The lowest BCUT2D eigenvalue weighted by molar-refractivity contribution is -0.00984. The SMILES string of the molecule is O=C(Nc1cccc(Cl)c1)OCC1CNCCO1. The fourth-order valence-corrected chi connectivity index (χ4v) is 1.81. The van der Waals surface area contributed by atoms with Crippen LogP contribution in [-0.4, -0.2) is 38.5 Å². The van der Waals surface area contributed by atoms with Gasteiger partial charge in [0.1, 0.15) is 12.7 Å². The second-order valence-corrected chi connectivity index (χ2v) is 4.37. The van der Waals surface area contributed by atoms with Gasteiger partial charge < -0.3 is 14.8 Å². The first-order valence-corrected chi connectivity index (χ1v) is 6.13. The van der Waals surface area contributed by atoms with Crippen molar-refractivity contribution in [1.29, 1.82) is 0 Å². The van der Waals surface area contributed by atoms with Crippen molar-refractivity contribution >= 4 is 23.4 Å². The number of benzene rings is 1. The molecule has 1 amide bonds. The Kier molecular flexibility index (Phi) is 4.81. The van der Waals surface area contributed by atoms with E-state index in [1.54, 1.807) is 24.3 Å². The molecule has 18 heavy (non-hydrogen) atoms. The van der Waals surface area contributed by atoms with Gasteiger partial charge in [-0.25, -0.2) is 4.79 Å². The van der Waals surface area contributed by atoms with Crippen molar-refractivity contribution < 1.29 is 14.3 Å². The standard InChI is InChI=1S/C12H15ClN2O3/c13-9-2-1-3-10(6-9)15-12(16)18-8-11-7-14-4-5-17-11/h1-3,6,11,14H,4-5,7-8H2,(H,15,16). The predicted octanol–water partition coefficient (Wildman–Crippen LogP) is 1.88.